The van der Waals surface area contributed by atoms with Gasteiger partial charge in [0, 0.05) is 25.2 Å². The monoisotopic (exact) mass is 576 g/mol. The van der Waals surface area contributed by atoms with E-state index in [0.29, 0.717) is 11.4 Å². The molecule has 3 amide bonds. The average molecular weight is 577 g/mol. The number of hydrogen-bond acceptors (Lipinski definition) is 7. The van der Waals surface area contributed by atoms with Crippen LogP contribution in [0.5, 0.6) is 0 Å². The van der Waals surface area contributed by atoms with Crippen LogP contribution in [0.1, 0.15) is 32.8 Å². The van der Waals surface area contributed by atoms with Crippen LogP contribution in [0.3, 0.4) is 0 Å². The Kier molecular flexibility index (Phi) is 10.4. The Hall–Kier alpha value is -3.57. The molecule has 0 saturated heterocycles. The molecule has 12 heteroatoms. The Labute approximate surface area is 235 Å². The molecule has 1 atom stereocenters. The molecule has 0 aliphatic carbocycles. The van der Waals surface area contributed by atoms with Crippen LogP contribution < -0.4 is 10.6 Å². The lowest BCUT2D eigenvalue weighted by Crippen LogP contribution is -2.43. The summed E-state index contributed by atoms with van der Waals surface area (Å²) in [6.45, 7) is 5.18. The minimum Gasteiger partial charge on any atom is -0.460 e. The molecule has 208 valence electrons. The number of fused-ring (bicyclic) bond motifs is 1. The summed E-state index contributed by atoms with van der Waals surface area (Å²) in [5.74, 6) is -0.969. The van der Waals surface area contributed by atoms with Crippen LogP contribution in [-0.4, -0.2) is 51.9 Å². The predicted molar refractivity (Wildman–Crippen MR) is 150 cm³/mol. The zero-order valence-corrected chi connectivity index (χ0v) is 23.6. The van der Waals surface area contributed by atoms with Crippen LogP contribution in [0, 0.1) is 5.82 Å². The van der Waals surface area contributed by atoms with Gasteiger partial charge in [-0.2, -0.15) is 0 Å². The number of esters is 1. The molecule has 3 aromatic rings. The third kappa shape index (κ3) is 9.29. The predicted octanol–water partition coefficient (Wildman–Crippen LogP) is 6.17. The summed E-state index contributed by atoms with van der Waals surface area (Å²) in [5.41, 5.74) is -0.318. The molecule has 1 heterocycles. The zero-order chi connectivity index (χ0) is 28.6. The highest BCUT2D eigenvalue weighted by atomic mass is 35.5. The van der Waals surface area contributed by atoms with Gasteiger partial charge in [-0.1, -0.05) is 59.8 Å². The molecular weight excluding hydrogens is 547 g/mol. The van der Waals surface area contributed by atoms with Crippen LogP contribution in [0.2, 0.25) is 5.02 Å². The van der Waals surface area contributed by atoms with Crippen molar-refractivity contribution in [2.45, 2.75) is 44.7 Å². The summed E-state index contributed by atoms with van der Waals surface area (Å²) < 4.78 is 24.4. The van der Waals surface area contributed by atoms with Crippen LogP contribution in [0.15, 0.2) is 54.7 Å². The number of anilines is 1. The van der Waals surface area contributed by atoms with Gasteiger partial charge in [0.05, 0.1) is 16.8 Å². The van der Waals surface area contributed by atoms with Gasteiger partial charge in [0.25, 0.3) is 0 Å². The van der Waals surface area contributed by atoms with Gasteiger partial charge in [0.1, 0.15) is 23.2 Å². The van der Waals surface area contributed by atoms with E-state index in [0.717, 1.165) is 22.5 Å². The van der Waals surface area contributed by atoms with Gasteiger partial charge in [-0.3, -0.25) is 10.1 Å². The summed E-state index contributed by atoms with van der Waals surface area (Å²) in [7, 11) is 1.49. The first-order valence-corrected chi connectivity index (χ1v) is 13.4. The number of hydrogen-bond donors (Lipinski definition) is 2. The molecule has 3 rings (SSSR count). The lowest BCUT2D eigenvalue weighted by molar-refractivity contribution is -0.155. The van der Waals surface area contributed by atoms with Crippen molar-refractivity contribution in [2.75, 3.05) is 18.3 Å². The Morgan fingerprint density at radius 3 is 2.56 bits per heavy atom. The Morgan fingerprint density at radius 2 is 1.85 bits per heavy atom. The molecular formula is C27H30ClFN4O5S. The highest BCUT2D eigenvalue weighted by Crippen LogP contribution is 2.23. The van der Waals surface area contributed by atoms with E-state index in [1.165, 1.54) is 24.1 Å². The van der Waals surface area contributed by atoms with Crippen LogP contribution in [0.25, 0.3) is 10.8 Å². The quantitative estimate of drug-likeness (QED) is 0.232. The molecule has 0 saturated carbocycles. The van der Waals surface area contributed by atoms with Gasteiger partial charge in [-0.25, -0.2) is 19.0 Å². The number of aromatic nitrogens is 1. The fourth-order valence-corrected chi connectivity index (χ4v) is 4.50. The number of thioether (sulfide) groups is 1. The maximum atomic E-state index is 13.7. The number of rotatable bonds is 9. The van der Waals surface area contributed by atoms with Crippen molar-refractivity contribution in [1.29, 1.82) is 0 Å². The molecule has 1 aromatic heterocycles. The van der Waals surface area contributed by atoms with Gasteiger partial charge in [0.2, 0.25) is 0 Å². The minimum absolute atomic E-state index is 0.0265. The normalized spacial score (nSPS) is 11.9. The second-order valence-corrected chi connectivity index (χ2v) is 11.0. The van der Waals surface area contributed by atoms with Gasteiger partial charge in [-0.05, 0) is 43.9 Å². The average Bonchev–Trinajstić information content (AvgIpc) is 2.87. The molecule has 0 fully saturated rings. The third-order valence-corrected chi connectivity index (χ3v) is 6.83. The van der Waals surface area contributed by atoms with E-state index in [1.807, 2.05) is 24.3 Å². The molecule has 0 aliphatic heterocycles. The lowest BCUT2D eigenvalue weighted by atomic mass is 10.2. The Morgan fingerprint density at radius 1 is 1.13 bits per heavy atom. The number of nitrogens with zero attached hydrogens (tertiary/aromatic N) is 2. The summed E-state index contributed by atoms with van der Waals surface area (Å²) in [6.07, 6.45) is 0.736. The lowest BCUT2D eigenvalue weighted by Gasteiger charge is -2.28. The van der Waals surface area contributed by atoms with E-state index in [-0.39, 0.29) is 23.9 Å². The molecule has 2 N–H and O–H groups in total. The first kappa shape index (κ1) is 30.0. The van der Waals surface area contributed by atoms with Crippen LogP contribution in [-0.2, 0) is 20.8 Å². The highest BCUT2D eigenvalue weighted by molar-refractivity contribution is 7.99. The zero-order valence-electron chi connectivity index (χ0n) is 22.0. The van der Waals surface area contributed by atoms with Gasteiger partial charge in [0.15, 0.2) is 0 Å². The van der Waals surface area contributed by atoms with Crippen molar-refractivity contribution in [1.82, 2.24) is 15.2 Å². The van der Waals surface area contributed by atoms with Crippen molar-refractivity contribution >= 4 is 58.0 Å². The molecule has 2 aromatic carbocycles. The van der Waals surface area contributed by atoms with Crippen LogP contribution in [0.4, 0.5) is 19.8 Å². The molecule has 0 bridgehead atoms. The molecule has 0 spiro atoms. The van der Waals surface area contributed by atoms with Crippen molar-refractivity contribution in [3.05, 3.63) is 71.1 Å². The summed E-state index contributed by atoms with van der Waals surface area (Å²) >= 11 is 7.03. The smallest absolute Gasteiger partial charge is 0.413 e. The maximum absolute atomic E-state index is 13.7. The number of amides is 3. The number of urea groups is 1. The van der Waals surface area contributed by atoms with E-state index in [4.69, 9.17) is 21.1 Å². The number of ether oxygens (including phenoxy) is 2. The van der Waals surface area contributed by atoms with Gasteiger partial charge < -0.3 is 19.7 Å². The van der Waals surface area contributed by atoms with Crippen molar-refractivity contribution in [3.63, 3.8) is 0 Å². The third-order valence-electron chi connectivity index (χ3n) is 5.29. The number of carbonyl (C=O) groups is 3. The second kappa shape index (κ2) is 13.5. The number of halogens is 2. The van der Waals surface area contributed by atoms with Gasteiger partial charge >= 0.3 is 18.1 Å². The largest absolute Gasteiger partial charge is 0.460 e. The molecule has 0 radical (unpaired) electrons. The minimum atomic E-state index is -0.742. The molecule has 0 aliphatic rings. The van der Waals surface area contributed by atoms with E-state index in [1.54, 1.807) is 39.1 Å². The fraction of sp³-hybridized carbons (Fsp3) is 0.333. The van der Waals surface area contributed by atoms with Crippen molar-refractivity contribution in [3.8, 4) is 0 Å². The van der Waals surface area contributed by atoms with E-state index < -0.39 is 34.9 Å². The number of benzene rings is 2. The Bertz CT molecular complexity index is 1340. The topological polar surface area (TPSA) is 110 Å². The van der Waals surface area contributed by atoms with E-state index in [9.17, 15) is 18.8 Å². The standard InChI is InChI=1S/C27H30ClFN4O5S/c1-27(2,3)38-23(34)13-22(33(4)25(35)31-15-19-10-7-11-20(29)24(19)28)39-16-37-26(36)32-21-12-17-8-5-6-9-18(17)14-30-21/h5-12,14,22H,13,15-16H2,1-4H3,(H,31,35)(H,30,32,36)/t22-/m1/s1. The first-order chi connectivity index (χ1) is 18.4. The molecule has 0 unspecified atom stereocenters. The maximum Gasteiger partial charge on any atom is 0.413 e. The van der Waals surface area contributed by atoms with E-state index in [2.05, 4.69) is 15.6 Å². The summed E-state index contributed by atoms with van der Waals surface area (Å²) in [6, 6.07) is 13.1. The highest BCUT2D eigenvalue weighted by Gasteiger charge is 2.27. The molecule has 9 nitrogen and oxygen atoms in total. The number of nitrogens with one attached hydrogen (secondary N) is 2. The summed E-state index contributed by atoms with van der Waals surface area (Å²) in [4.78, 5) is 43.2. The second-order valence-electron chi connectivity index (χ2n) is 9.49. The summed E-state index contributed by atoms with van der Waals surface area (Å²) in [5, 5.41) is 6.23. The molecule has 39 heavy (non-hydrogen) atoms. The van der Waals surface area contributed by atoms with E-state index >= 15 is 0 Å². The SMILES string of the molecule is CN(C(=O)NCc1cccc(F)c1Cl)[C@@H](CC(=O)OC(C)(C)C)SCOC(=O)Nc1cc2ccccc2cn1. The number of carbonyl (C=O) groups excluding carboxylic acids is 3. The van der Waals surface area contributed by atoms with Crippen molar-refractivity contribution < 1.29 is 28.2 Å². The number of pyridine rings is 1. The Balaban J connectivity index is 1.59. The fourth-order valence-electron chi connectivity index (χ4n) is 3.40. The first-order valence-electron chi connectivity index (χ1n) is 12.0. The van der Waals surface area contributed by atoms with Crippen LogP contribution >= 0.6 is 23.4 Å². The van der Waals surface area contributed by atoms with Gasteiger partial charge in [-0.15, -0.1) is 0 Å². The van der Waals surface area contributed by atoms with Crippen molar-refractivity contribution in [2.24, 2.45) is 0 Å².